The minimum absolute atomic E-state index is 0.482. The Labute approximate surface area is 105 Å². The van der Waals surface area contributed by atoms with E-state index in [1.54, 1.807) is 6.20 Å². The van der Waals surface area contributed by atoms with Crippen LogP contribution in [0.15, 0.2) is 42.6 Å². The zero-order chi connectivity index (χ0) is 12.5. The van der Waals surface area contributed by atoms with Crippen LogP contribution in [0.1, 0.15) is 12.5 Å². The molecule has 18 heavy (non-hydrogen) atoms. The summed E-state index contributed by atoms with van der Waals surface area (Å²) >= 11 is 0. The van der Waals surface area contributed by atoms with E-state index in [-0.39, 0.29) is 0 Å². The molecule has 0 unspecified atom stereocenters. The Balaban J connectivity index is 2.42. The van der Waals surface area contributed by atoms with Gasteiger partial charge in [-0.25, -0.2) is 4.98 Å². The Hall–Kier alpha value is -2.42. The molecule has 2 heterocycles. The Kier molecular flexibility index (Phi) is 2.45. The molecule has 0 aliphatic rings. The number of fused-ring (bicyclic) bond motifs is 3. The molecule has 0 spiro atoms. The van der Waals surface area contributed by atoms with Crippen molar-refractivity contribution in [3.8, 4) is 0 Å². The van der Waals surface area contributed by atoms with Gasteiger partial charge in [0, 0.05) is 17.0 Å². The van der Waals surface area contributed by atoms with Crippen molar-refractivity contribution < 1.29 is 0 Å². The molecule has 1 aromatic carbocycles. The van der Waals surface area contributed by atoms with Crippen molar-refractivity contribution in [2.24, 2.45) is 0 Å². The van der Waals surface area contributed by atoms with Crippen molar-refractivity contribution in [2.45, 2.75) is 6.92 Å². The first-order valence-electron chi connectivity index (χ1n) is 5.86. The average molecular weight is 235 g/mol. The van der Waals surface area contributed by atoms with Crippen LogP contribution in [0.25, 0.3) is 27.9 Å². The van der Waals surface area contributed by atoms with Crippen LogP contribution in [0.4, 0.5) is 5.82 Å². The number of nitrogens with two attached hydrogens (primary N) is 1. The van der Waals surface area contributed by atoms with Gasteiger partial charge in [-0.15, -0.1) is 0 Å². The van der Waals surface area contributed by atoms with Gasteiger partial charge in [-0.1, -0.05) is 30.4 Å². The van der Waals surface area contributed by atoms with Gasteiger partial charge in [0.1, 0.15) is 5.52 Å². The van der Waals surface area contributed by atoms with Gasteiger partial charge in [0.25, 0.3) is 0 Å². The Morgan fingerprint density at radius 2 is 2.06 bits per heavy atom. The molecule has 2 N–H and O–H groups in total. The molecule has 0 fully saturated rings. The fourth-order valence-corrected chi connectivity index (χ4v) is 2.17. The van der Waals surface area contributed by atoms with E-state index in [0.29, 0.717) is 5.82 Å². The van der Waals surface area contributed by atoms with Gasteiger partial charge in [-0.3, -0.25) is 4.98 Å². The lowest BCUT2D eigenvalue weighted by atomic mass is 10.1. The van der Waals surface area contributed by atoms with E-state index in [9.17, 15) is 0 Å². The molecule has 2 aromatic heterocycles. The lowest BCUT2D eigenvalue weighted by molar-refractivity contribution is 1.36. The molecule has 3 rings (SSSR count). The second kappa shape index (κ2) is 4.11. The van der Waals surface area contributed by atoms with Crippen LogP contribution >= 0.6 is 0 Å². The molecule has 0 saturated carbocycles. The van der Waals surface area contributed by atoms with Gasteiger partial charge in [-0.05, 0) is 24.6 Å². The highest BCUT2D eigenvalue weighted by atomic mass is 14.9. The molecule has 0 saturated heterocycles. The topological polar surface area (TPSA) is 51.8 Å². The summed E-state index contributed by atoms with van der Waals surface area (Å²) in [5, 5.41) is 2.13. The second-order valence-electron chi connectivity index (χ2n) is 4.17. The number of benzene rings is 1. The molecule has 0 bridgehead atoms. The minimum atomic E-state index is 0.482. The lowest BCUT2D eigenvalue weighted by Gasteiger charge is -2.06. The summed E-state index contributed by atoms with van der Waals surface area (Å²) < 4.78 is 0. The third kappa shape index (κ3) is 1.61. The Morgan fingerprint density at radius 3 is 2.89 bits per heavy atom. The number of anilines is 1. The predicted molar refractivity (Wildman–Crippen MR) is 76.2 cm³/mol. The van der Waals surface area contributed by atoms with E-state index in [0.717, 1.165) is 27.4 Å². The normalized spacial score (nSPS) is 11.6. The van der Waals surface area contributed by atoms with E-state index in [1.807, 2.05) is 37.3 Å². The smallest absolute Gasteiger partial charge is 0.150 e. The largest absolute Gasteiger partial charge is 0.382 e. The average Bonchev–Trinajstić information content (AvgIpc) is 2.39. The van der Waals surface area contributed by atoms with Gasteiger partial charge >= 0.3 is 0 Å². The summed E-state index contributed by atoms with van der Waals surface area (Å²) in [4.78, 5) is 8.72. The van der Waals surface area contributed by atoms with Gasteiger partial charge in [0.2, 0.25) is 0 Å². The van der Waals surface area contributed by atoms with Crippen molar-refractivity contribution in [1.29, 1.82) is 0 Å². The van der Waals surface area contributed by atoms with Crippen molar-refractivity contribution in [1.82, 2.24) is 9.97 Å². The van der Waals surface area contributed by atoms with Gasteiger partial charge < -0.3 is 5.73 Å². The van der Waals surface area contributed by atoms with Gasteiger partial charge in [0.15, 0.2) is 5.82 Å². The number of nitrogen functional groups attached to an aromatic ring is 1. The molecule has 3 heteroatoms. The van der Waals surface area contributed by atoms with Crippen LogP contribution in [0.3, 0.4) is 0 Å². The third-order valence-corrected chi connectivity index (χ3v) is 2.96. The minimum Gasteiger partial charge on any atom is -0.382 e. The van der Waals surface area contributed by atoms with E-state index in [4.69, 9.17) is 5.73 Å². The molecule has 0 amide bonds. The van der Waals surface area contributed by atoms with Crippen LogP contribution in [0.2, 0.25) is 0 Å². The highest BCUT2D eigenvalue weighted by molar-refractivity contribution is 6.08. The van der Waals surface area contributed by atoms with Gasteiger partial charge in [0.05, 0.1) is 5.52 Å². The van der Waals surface area contributed by atoms with E-state index >= 15 is 0 Å². The van der Waals surface area contributed by atoms with Crippen molar-refractivity contribution >= 4 is 33.7 Å². The number of rotatable bonds is 1. The zero-order valence-electron chi connectivity index (χ0n) is 10.1. The number of allylic oxidation sites excluding steroid dienone is 1. The van der Waals surface area contributed by atoms with Crippen LogP contribution < -0.4 is 5.73 Å². The number of hydrogen-bond acceptors (Lipinski definition) is 3. The number of aromatic nitrogens is 2. The second-order valence-corrected chi connectivity index (χ2v) is 4.17. The summed E-state index contributed by atoms with van der Waals surface area (Å²) in [5.74, 6) is 0.482. The molecule has 0 aliphatic heterocycles. The first-order chi connectivity index (χ1) is 8.79. The maximum atomic E-state index is 5.95. The first-order valence-corrected chi connectivity index (χ1v) is 5.86. The maximum absolute atomic E-state index is 5.95. The molecule has 3 nitrogen and oxygen atoms in total. The highest BCUT2D eigenvalue weighted by Gasteiger charge is 2.06. The Bertz CT molecular complexity index is 760. The van der Waals surface area contributed by atoms with Crippen molar-refractivity contribution in [2.75, 3.05) is 5.73 Å². The fraction of sp³-hybridized carbons (Fsp3) is 0.0667. The van der Waals surface area contributed by atoms with Gasteiger partial charge in [-0.2, -0.15) is 0 Å². The standard InChI is InChI=1S/C15H13N3/c1-2-4-10-6-7-11-12-5-3-8-17-14(12)15(16)18-13(11)9-10/h2-9H,1H3,(H2,16,18)/b4-2-. The van der Waals surface area contributed by atoms with Crippen LogP contribution in [-0.4, -0.2) is 9.97 Å². The molecule has 88 valence electrons. The van der Waals surface area contributed by atoms with Crippen molar-refractivity contribution in [3.05, 3.63) is 48.2 Å². The molecule has 0 atom stereocenters. The summed E-state index contributed by atoms with van der Waals surface area (Å²) in [6.45, 7) is 2.00. The summed E-state index contributed by atoms with van der Waals surface area (Å²) in [6.07, 6.45) is 5.79. The van der Waals surface area contributed by atoms with E-state index in [2.05, 4.69) is 22.1 Å². The maximum Gasteiger partial charge on any atom is 0.150 e. The number of nitrogens with zero attached hydrogens (tertiary/aromatic N) is 2. The van der Waals surface area contributed by atoms with Crippen LogP contribution in [0, 0.1) is 0 Å². The van der Waals surface area contributed by atoms with Crippen LogP contribution in [0.5, 0.6) is 0 Å². The summed E-state index contributed by atoms with van der Waals surface area (Å²) in [5.41, 5.74) is 8.75. The highest BCUT2D eigenvalue weighted by Crippen LogP contribution is 2.26. The summed E-state index contributed by atoms with van der Waals surface area (Å²) in [7, 11) is 0. The summed E-state index contributed by atoms with van der Waals surface area (Å²) in [6, 6.07) is 10.1. The first kappa shape index (κ1) is 10.7. The molecule has 0 aliphatic carbocycles. The lowest BCUT2D eigenvalue weighted by Crippen LogP contribution is -1.95. The predicted octanol–water partition coefficient (Wildman–Crippen LogP) is 3.40. The van der Waals surface area contributed by atoms with Crippen LogP contribution in [-0.2, 0) is 0 Å². The molecular weight excluding hydrogens is 222 g/mol. The third-order valence-electron chi connectivity index (χ3n) is 2.96. The SMILES string of the molecule is C/C=C\c1ccc2c(c1)nc(N)c1ncccc12. The van der Waals surface area contributed by atoms with E-state index < -0.39 is 0 Å². The number of hydrogen-bond donors (Lipinski definition) is 1. The van der Waals surface area contributed by atoms with Crippen molar-refractivity contribution in [3.63, 3.8) is 0 Å². The monoisotopic (exact) mass is 235 g/mol. The number of pyridine rings is 2. The molecule has 3 aromatic rings. The quantitative estimate of drug-likeness (QED) is 0.658. The Morgan fingerprint density at radius 1 is 1.17 bits per heavy atom. The van der Waals surface area contributed by atoms with E-state index in [1.165, 1.54) is 0 Å². The molecule has 0 radical (unpaired) electrons. The fourth-order valence-electron chi connectivity index (χ4n) is 2.17. The zero-order valence-corrected chi connectivity index (χ0v) is 10.1. The molecular formula is C15H13N3.